The summed E-state index contributed by atoms with van der Waals surface area (Å²) < 4.78 is 5.79. The molecule has 0 amide bonds. The fourth-order valence-corrected chi connectivity index (χ4v) is 2.43. The van der Waals surface area contributed by atoms with Crippen molar-refractivity contribution in [1.82, 2.24) is 0 Å². The molecule has 1 atom stereocenters. The number of ether oxygens (including phenoxy) is 1. The number of halogens is 1. The van der Waals surface area contributed by atoms with Crippen molar-refractivity contribution in [3.8, 4) is 5.75 Å². The number of thiophene rings is 1. The third-order valence-electron chi connectivity index (χ3n) is 2.52. The van der Waals surface area contributed by atoms with Gasteiger partial charge >= 0.3 is 0 Å². The van der Waals surface area contributed by atoms with E-state index < -0.39 is 0 Å². The van der Waals surface area contributed by atoms with E-state index in [0.29, 0.717) is 0 Å². The summed E-state index contributed by atoms with van der Waals surface area (Å²) in [6.45, 7) is 4.04. The number of nitrogens with two attached hydrogens (primary N) is 1. The highest BCUT2D eigenvalue weighted by atomic mass is 35.5. The lowest BCUT2D eigenvalue weighted by Gasteiger charge is -2.18. The Labute approximate surface area is 118 Å². The highest BCUT2D eigenvalue weighted by molar-refractivity contribution is 7.08. The number of para-hydroxylation sites is 1. The fraction of sp³-hybridized carbons (Fsp3) is 0.286. The van der Waals surface area contributed by atoms with Crippen molar-refractivity contribution >= 4 is 23.7 Å². The second-order valence-electron chi connectivity index (χ2n) is 4.24. The van der Waals surface area contributed by atoms with Crippen LogP contribution in [0.3, 0.4) is 0 Å². The quantitative estimate of drug-likeness (QED) is 0.920. The van der Waals surface area contributed by atoms with Gasteiger partial charge in [0.25, 0.3) is 0 Å². The third-order valence-corrected chi connectivity index (χ3v) is 3.22. The monoisotopic (exact) mass is 283 g/mol. The van der Waals surface area contributed by atoms with E-state index in [-0.39, 0.29) is 24.6 Å². The standard InChI is InChI=1S/C14H17NOS.ClH/c1-10(2)16-13-6-4-3-5-12(13)14(15)11-7-8-17-9-11;/h3-10,14H,15H2,1-2H3;1H/t14-;/m1./s1. The first-order chi connectivity index (χ1) is 8.18. The minimum Gasteiger partial charge on any atom is -0.491 e. The van der Waals surface area contributed by atoms with Gasteiger partial charge in [0, 0.05) is 5.56 Å². The van der Waals surface area contributed by atoms with Crippen LogP contribution >= 0.6 is 23.7 Å². The highest BCUT2D eigenvalue weighted by Crippen LogP contribution is 2.29. The molecule has 0 bridgehead atoms. The van der Waals surface area contributed by atoms with Crippen LogP contribution < -0.4 is 10.5 Å². The molecule has 2 aromatic rings. The molecular weight excluding hydrogens is 266 g/mol. The van der Waals surface area contributed by atoms with E-state index in [2.05, 4.69) is 11.4 Å². The van der Waals surface area contributed by atoms with Crippen molar-refractivity contribution < 1.29 is 4.74 Å². The molecule has 1 aromatic heterocycles. The average molecular weight is 284 g/mol. The van der Waals surface area contributed by atoms with Gasteiger partial charge in [-0.05, 0) is 42.3 Å². The van der Waals surface area contributed by atoms with Crippen LogP contribution in [0.2, 0.25) is 0 Å². The smallest absolute Gasteiger partial charge is 0.124 e. The molecule has 98 valence electrons. The Kier molecular flexibility index (Phi) is 5.66. The molecule has 1 heterocycles. The number of hydrogen-bond donors (Lipinski definition) is 1. The molecule has 0 aliphatic heterocycles. The van der Waals surface area contributed by atoms with E-state index in [9.17, 15) is 0 Å². The molecule has 0 aliphatic carbocycles. The molecule has 1 aromatic carbocycles. The first-order valence-corrected chi connectivity index (χ1v) is 6.66. The van der Waals surface area contributed by atoms with Crippen LogP contribution in [0.15, 0.2) is 41.1 Å². The van der Waals surface area contributed by atoms with E-state index in [0.717, 1.165) is 16.9 Å². The lowest BCUT2D eigenvalue weighted by molar-refractivity contribution is 0.239. The van der Waals surface area contributed by atoms with Gasteiger partial charge in [-0.15, -0.1) is 12.4 Å². The summed E-state index contributed by atoms with van der Waals surface area (Å²) in [5.41, 5.74) is 8.44. The lowest BCUT2D eigenvalue weighted by Crippen LogP contribution is -2.14. The van der Waals surface area contributed by atoms with Crippen molar-refractivity contribution in [1.29, 1.82) is 0 Å². The Morgan fingerprint density at radius 2 is 1.89 bits per heavy atom. The van der Waals surface area contributed by atoms with Crippen molar-refractivity contribution in [3.05, 3.63) is 52.2 Å². The molecule has 2 N–H and O–H groups in total. The third kappa shape index (κ3) is 3.48. The number of benzene rings is 1. The first-order valence-electron chi connectivity index (χ1n) is 5.71. The van der Waals surface area contributed by atoms with Gasteiger partial charge in [0.2, 0.25) is 0 Å². The lowest BCUT2D eigenvalue weighted by atomic mass is 10.0. The maximum absolute atomic E-state index is 6.26. The summed E-state index contributed by atoms with van der Waals surface area (Å²) in [6.07, 6.45) is 0.158. The normalized spacial score (nSPS) is 12.0. The predicted molar refractivity (Wildman–Crippen MR) is 79.8 cm³/mol. The second kappa shape index (κ2) is 6.78. The van der Waals surface area contributed by atoms with Crippen molar-refractivity contribution in [3.63, 3.8) is 0 Å². The van der Waals surface area contributed by atoms with Crippen LogP contribution in [0.4, 0.5) is 0 Å². The zero-order valence-corrected chi connectivity index (χ0v) is 12.1. The maximum atomic E-state index is 6.26. The van der Waals surface area contributed by atoms with Crippen molar-refractivity contribution in [2.45, 2.75) is 26.0 Å². The first kappa shape index (κ1) is 15.0. The molecule has 0 saturated carbocycles. The molecule has 0 aliphatic rings. The Morgan fingerprint density at radius 3 is 2.50 bits per heavy atom. The van der Waals surface area contributed by atoms with Crippen LogP contribution in [-0.4, -0.2) is 6.10 Å². The van der Waals surface area contributed by atoms with Gasteiger partial charge in [-0.2, -0.15) is 11.3 Å². The van der Waals surface area contributed by atoms with E-state index in [1.807, 2.05) is 43.5 Å². The van der Waals surface area contributed by atoms with Crippen molar-refractivity contribution in [2.75, 3.05) is 0 Å². The predicted octanol–water partition coefficient (Wildman–Crippen LogP) is 4.01. The average Bonchev–Trinajstić information content (AvgIpc) is 2.81. The van der Waals surface area contributed by atoms with Crippen LogP contribution in [0.25, 0.3) is 0 Å². The van der Waals surface area contributed by atoms with Gasteiger partial charge in [0.05, 0.1) is 12.1 Å². The molecule has 0 radical (unpaired) electrons. The number of rotatable bonds is 4. The minimum atomic E-state index is -0.115. The van der Waals surface area contributed by atoms with Gasteiger partial charge in [-0.1, -0.05) is 18.2 Å². The molecule has 0 fully saturated rings. The summed E-state index contributed by atoms with van der Waals surface area (Å²) in [5, 5.41) is 4.12. The minimum absolute atomic E-state index is 0. The van der Waals surface area contributed by atoms with Gasteiger partial charge < -0.3 is 10.5 Å². The van der Waals surface area contributed by atoms with E-state index in [1.165, 1.54) is 0 Å². The SMILES string of the molecule is CC(C)Oc1ccccc1[C@H](N)c1ccsc1.Cl. The second-order valence-corrected chi connectivity index (χ2v) is 5.02. The molecule has 0 saturated heterocycles. The Bertz CT molecular complexity index is 470. The van der Waals surface area contributed by atoms with E-state index >= 15 is 0 Å². The molecule has 18 heavy (non-hydrogen) atoms. The Hall–Kier alpha value is -1.03. The maximum Gasteiger partial charge on any atom is 0.124 e. The van der Waals surface area contributed by atoms with Crippen LogP contribution in [0, 0.1) is 0 Å². The van der Waals surface area contributed by atoms with Gasteiger partial charge in [-0.25, -0.2) is 0 Å². The fourth-order valence-electron chi connectivity index (χ4n) is 1.73. The zero-order chi connectivity index (χ0) is 12.3. The van der Waals surface area contributed by atoms with Crippen LogP contribution in [-0.2, 0) is 0 Å². The zero-order valence-electron chi connectivity index (χ0n) is 10.5. The van der Waals surface area contributed by atoms with Crippen molar-refractivity contribution in [2.24, 2.45) is 5.73 Å². The van der Waals surface area contributed by atoms with Gasteiger partial charge in [0.15, 0.2) is 0 Å². The van der Waals surface area contributed by atoms with Gasteiger partial charge in [0.1, 0.15) is 5.75 Å². The molecule has 2 rings (SSSR count). The molecule has 2 nitrogen and oxygen atoms in total. The largest absolute Gasteiger partial charge is 0.491 e. The molecular formula is C14H18ClNOS. The summed E-state index contributed by atoms with van der Waals surface area (Å²) in [7, 11) is 0. The van der Waals surface area contributed by atoms with E-state index in [1.54, 1.807) is 11.3 Å². The Morgan fingerprint density at radius 1 is 1.17 bits per heavy atom. The van der Waals surface area contributed by atoms with E-state index in [4.69, 9.17) is 10.5 Å². The molecule has 0 unspecified atom stereocenters. The van der Waals surface area contributed by atoms with Crippen LogP contribution in [0.5, 0.6) is 5.75 Å². The highest BCUT2D eigenvalue weighted by Gasteiger charge is 2.14. The van der Waals surface area contributed by atoms with Crippen LogP contribution in [0.1, 0.15) is 31.0 Å². The summed E-state index contributed by atoms with van der Waals surface area (Å²) in [6, 6.07) is 9.91. The summed E-state index contributed by atoms with van der Waals surface area (Å²) >= 11 is 1.66. The number of hydrogen-bond acceptors (Lipinski definition) is 3. The summed E-state index contributed by atoms with van der Waals surface area (Å²) in [5.74, 6) is 0.876. The molecule has 0 spiro atoms. The van der Waals surface area contributed by atoms with Gasteiger partial charge in [-0.3, -0.25) is 0 Å². The summed E-state index contributed by atoms with van der Waals surface area (Å²) in [4.78, 5) is 0. The Balaban J connectivity index is 0.00000162. The topological polar surface area (TPSA) is 35.2 Å². The molecule has 4 heteroatoms.